The molecule has 0 unspecified atom stereocenters. The van der Waals surface area contributed by atoms with Crippen LogP contribution in [0.4, 0.5) is 8.78 Å². The number of hydrogen-bond acceptors (Lipinski definition) is 5. The van der Waals surface area contributed by atoms with Crippen molar-refractivity contribution in [3.63, 3.8) is 0 Å². The molecule has 5 N–H and O–H groups in total. The maximum Gasteiger partial charge on any atom is 0.252 e. The molecule has 2 aliphatic heterocycles. The molecular weight excluding hydrogens is 484 g/mol. The van der Waals surface area contributed by atoms with Gasteiger partial charge in [0.2, 0.25) is 0 Å². The molecule has 0 saturated carbocycles. The molecule has 10 heteroatoms. The van der Waals surface area contributed by atoms with Gasteiger partial charge in [-0.3, -0.25) is 4.79 Å². The van der Waals surface area contributed by atoms with Crippen LogP contribution < -0.4 is 5.32 Å². The molecule has 8 nitrogen and oxygen atoms in total. The molecule has 0 aliphatic carbocycles. The van der Waals surface area contributed by atoms with Crippen LogP contribution in [0.2, 0.25) is 0 Å². The first-order chi connectivity index (χ1) is 17.8. The van der Waals surface area contributed by atoms with Crippen LogP contribution in [0, 0.1) is 12.7 Å². The summed E-state index contributed by atoms with van der Waals surface area (Å²) >= 11 is 0. The van der Waals surface area contributed by atoms with E-state index < -0.39 is 43.1 Å². The van der Waals surface area contributed by atoms with Crippen molar-refractivity contribution >= 4 is 49.5 Å². The number of nitrogens with zero attached hydrogens (tertiary/aromatic N) is 1. The minimum absolute atomic E-state index is 0.219. The molecular formula is C27H23F2N3O5. The third kappa shape index (κ3) is 2.92. The van der Waals surface area contributed by atoms with E-state index in [1.54, 1.807) is 4.57 Å². The van der Waals surface area contributed by atoms with E-state index in [0.29, 0.717) is 43.8 Å². The standard InChI is InChI=1S/C27H23F2N3O5/c1-10-2-4-15-12(6-10)19-20-14(8-30-26(20)36)18-13-7-11(28)3-5-16(13)32(23(18)22(19)31-15)27-25(35)24(34)21(29)17(9-33)37-27/h2-7,17,21,24-25,27,31,33-35H,8-9H2,1H3,(H,30,36)/t17-,21-,24+,25-,27-/m1/s1. The number of hydrogen-bond donors (Lipinski definition) is 5. The zero-order valence-electron chi connectivity index (χ0n) is 19.6. The van der Waals surface area contributed by atoms with E-state index in [-0.39, 0.29) is 12.5 Å². The van der Waals surface area contributed by atoms with Crippen LogP contribution in [0.5, 0.6) is 0 Å². The molecule has 0 spiro atoms. The van der Waals surface area contributed by atoms with Gasteiger partial charge in [0.1, 0.15) is 24.1 Å². The van der Waals surface area contributed by atoms with E-state index in [2.05, 4.69) is 10.3 Å². The Balaban J connectivity index is 1.69. The van der Waals surface area contributed by atoms with Gasteiger partial charge >= 0.3 is 0 Å². The maximum atomic E-state index is 14.6. The Kier molecular flexibility index (Phi) is 4.72. The fourth-order valence-electron chi connectivity index (χ4n) is 6.07. The molecule has 0 bridgehead atoms. The SMILES string of the molecule is Cc1ccc2[nH]c3c(c4c(c5c6cc(F)ccc6n([C@@H]6O[C@H](CO)[C@@H](F)[C@H](O)[C@H]6O)c35)CNC4=O)c2c1. The van der Waals surface area contributed by atoms with Gasteiger partial charge in [-0.1, -0.05) is 11.6 Å². The van der Waals surface area contributed by atoms with Crippen LogP contribution in [0.25, 0.3) is 43.6 Å². The van der Waals surface area contributed by atoms with Crippen LogP contribution >= 0.6 is 0 Å². The van der Waals surface area contributed by atoms with Gasteiger partial charge in [0.05, 0.1) is 28.7 Å². The van der Waals surface area contributed by atoms with Crippen molar-refractivity contribution in [2.24, 2.45) is 0 Å². The van der Waals surface area contributed by atoms with Gasteiger partial charge in [-0.15, -0.1) is 0 Å². The lowest BCUT2D eigenvalue weighted by Gasteiger charge is -2.40. The van der Waals surface area contributed by atoms with Gasteiger partial charge in [-0.2, -0.15) is 0 Å². The predicted octanol–water partition coefficient (Wildman–Crippen LogP) is 3.07. The van der Waals surface area contributed by atoms with Crippen LogP contribution in [0.3, 0.4) is 0 Å². The quantitative estimate of drug-likeness (QED) is 0.252. The van der Waals surface area contributed by atoms with Gasteiger partial charge in [-0.05, 0) is 42.8 Å². The van der Waals surface area contributed by atoms with Gasteiger partial charge in [0.15, 0.2) is 12.4 Å². The van der Waals surface area contributed by atoms with E-state index in [0.717, 1.165) is 16.5 Å². The summed E-state index contributed by atoms with van der Waals surface area (Å²) in [6.45, 7) is 1.46. The van der Waals surface area contributed by atoms with Crippen molar-refractivity contribution in [3.05, 3.63) is 58.9 Å². The number of nitrogens with one attached hydrogen (secondary N) is 2. The highest BCUT2D eigenvalue weighted by Gasteiger charge is 2.46. The number of aliphatic hydroxyl groups is 3. The Morgan fingerprint density at radius 2 is 1.92 bits per heavy atom. The monoisotopic (exact) mass is 507 g/mol. The number of carbonyl (C=O) groups is 1. The number of carbonyl (C=O) groups excluding carboxylic acids is 1. The zero-order valence-corrected chi connectivity index (χ0v) is 19.6. The summed E-state index contributed by atoms with van der Waals surface area (Å²) in [5, 5.41) is 36.7. The molecule has 4 heterocycles. The average molecular weight is 507 g/mol. The number of benzene rings is 3. The van der Waals surface area contributed by atoms with E-state index >= 15 is 0 Å². The molecule has 7 rings (SSSR count). The second-order valence-electron chi connectivity index (χ2n) is 9.89. The second kappa shape index (κ2) is 7.72. The number of amides is 1. The summed E-state index contributed by atoms with van der Waals surface area (Å²) in [4.78, 5) is 16.5. The van der Waals surface area contributed by atoms with Crippen LogP contribution in [-0.4, -0.2) is 61.9 Å². The van der Waals surface area contributed by atoms with Crippen molar-refractivity contribution in [2.75, 3.05) is 6.61 Å². The lowest BCUT2D eigenvalue weighted by Crippen LogP contribution is -2.54. The normalized spacial score (nSPS) is 26.0. The highest BCUT2D eigenvalue weighted by atomic mass is 19.1. The summed E-state index contributed by atoms with van der Waals surface area (Å²) in [6, 6.07) is 9.97. The molecule has 2 aromatic heterocycles. The average Bonchev–Trinajstić information content (AvgIpc) is 3.54. The summed E-state index contributed by atoms with van der Waals surface area (Å²) in [6.07, 6.45) is -8.18. The molecule has 2 aliphatic rings. The maximum absolute atomic E-state index is 14.6. The third-order valence-electron chi connectivity index (χ3n) is 7.73. The lowest BCUT2D eigenvalue weighted by atomic mass is 9.96. The molecule has 1 amide bonds. The minimum Gasteiger partial charge on any atom is -0.394 e. The largest absolute Gasteiger partial charge is 0.394 e. The Morgan fingerprint density at radius 1 is 1.11 bits per heavy atom. The van der Waals surface area contributed by atoms with Crippen molar-refractivity contribution in [3.8, 4) is 0 Å². The number of fused-ring (bicyclic) bond motifs is 10. The summed E-state index contributed by atoms with van der Waals surface area (Å²) < 4.78 is 36.7. The van der Waals surface area contributed by atoms with E-state index in [9.17, 15) is 28.9 Å². The Bertz CT molecular complexity index is 1780. The summed E-state index contributed by atoms with van der Waals surface area (Å²) in [7, 11) is 0. The predicted molar refractivity (Wildman–Crippen MR) is 133 cm³/mol. The summed E-state index contributed by atoms with van der Waals surface area (Å²) in [5.74, 6) is -0.737. The lowest BCUT2D eigenvalue weighted by molar-refractivity contribution is -0.233. The number of alkyl halides is 1. The number of H-pyrrole nitrogens is 1. The molecule has 37 heavy (non-hydrogen) atoms. The van der Waals surface area contributed by atoms with E-state index in [1.807, 2.05) is 25.1 Å². The van der Waals surface area contributed by atoms with E-state index in [4.69, 9.17) is 4.74 Å². The highest BCUT2D eigenvalue weighted by molar-refractivity contribution is 6.30. The molecule has 1 fully saturated rings. The van der Waals surface area contributed by atoms with Crippen LogP contribution in [-0.2, 0) is 11.3 Å². The number of halogens is 2. The number of aromatic nitrogens is 2. The fraction of sp³-hybridized carbons (Fsp3) is 0.296. The van der Waals surface area contributed by atoms with Gasteiger partial charge in [-0.25, -0.2) is 8.78 Å². The molecule has 5 aromatic rings. The Labute approximate surface area is 208 Å². The molecule has 3 aromatic carbocycles. The second-order valence-corrected chi connectivity index (χ2v) is 9.89. The number of aromatic amines is 1. The smallest absolute Gasteiger partial charge is 0.252 e. The van der Waals surface area contributed by atoms with Crippen molar-refractivity contribution in [2.45, 2.75) is 44.2 Å². The van der Waals surface area contributed by atoms with Gasteiger partial charge < -0.3 is 34.9 Å². The number of ether oxygens (including phenoxy) is 1. The first kappa shape index (κ1) is 22.6. The van der Waals surface area contributed by atoms with Gasteiger partial charge in [0.25, 0.3) is 5.91 Å². The number of rotatable bonds is 2. The Hall–Kier alpha value is -3.57. The first-order valence-corrected chi connectivity index (χ1v) is 12.0. The zero-order chi connectivity index (χ0) is 25.7. The molecule has 0 radical (unpaired) electrons. The number of aryl methyl sites for hydroxylation is 1. The summed E-state index contributed by atoms with van der Waals surface area (Å²) in [5.41, 5.74) is 4.49. The fourth-order valence-corrected chi connectivity index (χ4v) is 6.07. The van der Waals surface area contributed by atoms with Gasteiger partial charge in [0, 0.05) is 33.6 Å². The van der Waals surface area contributed by atoms with Crippen molar-refractivity contribution in [1.29, 1.82) is 0 Å². The van der Waals surface area contributed by atoms with Crippen molar-refractivity contribution < 1.29 is 33.6 Å². The highest BCUT2D eigenvalue weighted by Crippen LogP contribution is 2.46. The first-order valence-electron chi connectivity index (χ1n) is 12.0. The number of aliphatic hydroxyl groups excluding tert-OH is 3. The third-order valence-corrected chi connectivity index (χ3v) is 7.73. The molecule has 190 valence electrons. The molecule has 1 saturated heterocycles. The van der Waals surface area contributed by atoms with E-state index in [1.165, 1.54) is 18.2 Å². The van der Waals surface area contributed by atoms with Crippen molar-refractivity contribution in [1.82, 2.24) is 14.9 Å². The molecule has 5 atom stereocenters. The van der Waals surface area contributed by atoms with Crippen LogP contribution in [0.1, 0.15) is 27.7 Å². The topological polar surface area (TPSA) is 120 Å². The van der Waals surface area contributed by atoms with Crippen LogP contribution in [0.15, 0.2) is 36.4 Å². The Morgan fingerprint density at radius 3 is 2.70 bits per heavy atom. The minimum atomic E-state index is -2.00.